The first kappa shape index (κ1) is 15.2. The molecule has 2 rings (SSSR count). The zero-order valence-corrected chi connectivity index (χ0v) is 11.9. The summed E-state index contributed by atoms with van der Waals surface area (Å²) in [6, 6.07) is 1.89. The van der Waals surface area contributed by atoms with Crippen molar-refractivity contribution in [3.63, 3.8) is 0 Å². The molecule has 1 aromatic heterocycles. The molecular formula is C12H15N3O5S. The molecule has 2 N–H and O–H groups in total. The maximum Gasteiger partial charge on any atom is 0.322 e. The predicted molar refractivity (Wildman–Crippen MR) is 74.7 cm³/mol. The summed E-state index contributed by atoms with van der Waals surface area (Å²) in [6.45, 7) is -0.0215. The number of hydrogen-bond donors (Lipinski definition) is 2. The smallest absolute Gasteiger partial charge is 0.322 e. The summed E-state index contributed by atoms with van der Waals surface area (Å²) in [5.74, 6) is -1.64. The number of hydrogen-bond acceptors (Lipinski definition) is 5. The van der Waals surface area contributed by atoms with E-state index < -0.39 is 34.3 Å². The van der Waals surface area contributed by atoms with Crippen LogP contribution in [0.1, 0.15) is 6.42 Å². The van der Waals surface area contributed by atoms with E-state index in [9.17, 15) is 18.0 Å². The Morgan fingerprint density at radius 2 is 2.24 bits per heavy atom. The number of aromatic nitrogens is 1. The molecule has 2 amide bonds. The third kappa shape index (κ3) is 4.15. The molecule has 1 aliphatic heterocycles. The van der Waals surface area contributed by atoms with E-state index in [4.69, 9.17) is 5.11 Å². The first-order chi connectivity index (χ1) is 9.87. The number of carbonyl (C=O) groups excluding carboxylic acids is 1. The van der Waals surface area contributed by atoms with Gasteiger partial charge in [0.2, 0.25) is 0 Å². The van der Waals surface area contributed by atoms with E-state index in [-0.39, 0.29) is 18.1 Å². The van der Waals surface area contributed by atoms with E-state index in [0.29, 0.717) is 5.69 Å². The van der Waals surface area contributed by atoms with Crippen LogP contribution in [0.25, 0.3) is 0 Å². The van der Waals surface area contributed by atoms with Gasteiger partial charge in [0.05, 0.1) is 35.9 Å². The Morgan fingerprint density at radius 1 is 1.48 bits per heavy atom. The lowest BCUT2D eigenvalue weighted by Gasteiger charge is -2.34. The van der Waals surface area contributed by atoms with E-state index in [2.05, 4.69) is 10.3 Å². The molecule has 0 aromatic carbocycles. The highest BCUT2D eigenvalue weighted by Crippen LogP contribution is 2.17. The van der Waals surface area contributed by atoms with Crippen LogP contribution in [0.15, 0.2) is 24.5 Å². The number of carbonyl (C=O) groups is 2. The fourth-order valence-electron chi connectivity index (χ4n) is 2.16. The van der Waals surface area contributed by atoms with Gasteiger partial charge in [0.1, 0.15) is 0 Å². The number of nitrogens with zero attached hydrogens (tertiary/aromatic N) is 2. The van der Waals surface area contributed by atoms with Crippen molar-refractivity contribution >= 4 is 27.5 Å². The molecule has 1 saturated heterocycles. The number of anilines is 1. The van der Waals surface area contributed by atoms with Crippen molar-refractivity contribution in [2.75, 3.05) is 23.4 Å². The SMILES string of the molecule is O=C(O)CC1CS(=O)(=O)CCN1C(=O)Nc1cccnc1. The van der Waals surface area contributed by atoms with Gasteiger partial charge in [-0.05, 0) is 12.1 Å². The van der Waals surface area contributed by atoms with Crippen molar-refractivity contribution in [2.24, 2.45) is 0 Å². The number of carboxylic acid groups (broad SMARTS) is 1. The number of carboxylic acids is 1. The van der Waals surface area contributed by atoms with Gasteiger partial charge in [-0.15, -0.1) is 0 Å². The van der Waals surface area contributed by atoms with Crippen LogP contribution in [-0.4, -0.2) is 59.5 Å². The van der Waals surface area contributed by atoms with Gasteiger partial charge in [0.25, 0.3) is 0 Å². The maximum absolute atomic E-state index is 12.2. The van der Waals surface area contributed by atoms with Crippen LogP contribution in [0.2, 0.25) is 0 Å². The van der Waals surface area contributed by atoms with Gasteiger partial charge in [-0.1, -0.05) is 0 Å². The van der Waals surface area contributed by atoms with Crippen LogP contribution in [-0.2, 0) is 14.6 Å². The van der Waals surface area contributed by atoms with E-state index in [1.54, 1.807) is 18.3 Å². The van der Waals surface area contributed by atoms with Crippen LogP contribution in [0.5, 0.6) is 0 Å². The van der Waals surface area contributed by atoms with Crippen molar-refractivity contribution in [3.05, 3.63) is 24.5 Å². The zero-order chi connectivity index (χ0) is 15.5. The summed E-state index contributed by atoms with van der Waals surface area (Å²) in [7, 11) is -3.31. The Morgan fingerprint density at radius 3 is 2.86 bits per heavy atom. The molecule has 0 spiro atoms. The van der Waals surface area contributed by atoms with Crippen molar-refractivity contribution in [1.29, 1.82) is 0 Å². The lowest BCUT2D eigenvalue weighted by molar-refractivity contribution is -0.137. The second kappa shape index (κ2) is 6.08. The van der Waals surface area contributed by atoms with Crippen molar-refractivity contribution in [1.82, 2.24) is 9.88 Å². The summed E-state index contributed by atoms with van der Waals surface area (Å²) in [6.07, 6.45) is 2.60. The van der Waals surface area contributed by atoms with Crippen LogP contribution in [0.3, 0.4) is 0 Å². The average Bonchev–Trinajstić information content (AvgIpc) is 2.38. The van der Waals surface area contributed by atoms with E-state index >= 15 is 0 Å². The van der Waals surface area contributed by atoms with Crippen LogP contribution in [0, 0.1) is 0 Å². The maximum atomic E-state index is 12.2. The number of amides is 2. The second-order valence-corrected chi connectivity index (χ2v) is 6.96. The van der Waals surface area contributed by atoms with Crippen LogP contribution < -0.4 is 5.32 Å². The van der Waals surface area contributed by atoms with Gasteiger partial charge in [-0.2, -0.15) is 0 Å². The quantitative estimate of drug-likeness (QED) is 0.822. The van der Waals surface area contributed by atoms with E-state index in [1.165, 1.54) is 11.1 Å². The highest BCUT2D eigenvalue weighted by Gasteiger charge is 2.35. The topological polar surface area (TPSA) is 117 Å². The van der Waals surface area contributed by atoms with Gasteiger partial charge < -0.3 is 15.3 Å². The fourth-order valence-corrected chi connectivity index (χ4v) is 3.68. The lowest BCUT2D eigenvalue weighted by Crippen LogP contribution is -2.53. The lowest BCUT2D eigenvalue weighted by atomic mass is 10.2. The largest absolute Gasteiger partial charge is 0.481 e. The Bertz CT molecular complexity index is 632. The molecule has 1 fully saturated rings. The third-order valence-corrected chi connectivity index (χ3v) is 4.81. The van der Waals surface area contributed by atoms with Crippen molar-refractivity contribution in [2.45, 2.75) is 12.5 Å². The molecule has 1 aliphatic rings. The third-order valence-electron chi connectivity index (χ3n) is 3.11. The van der Waals surface area contributed by atoms with E-state index in [0.717, 1.165) is 0 Å². The standard InChI is InChI=1S/C12H15N3O5S/c16-11(17)6-10-8-21(19,20)5-4-15(10)12(18)14-9-2-1-3-13-7-9/h1-3,7,10H,4-6,8H2,(H,14,18)(H,16,17). The summed E-state index contributed by atoms with van der Waals surface area (Å²) in [5.41, 5.74) is 0.463. The number of pyridine rings is 1. The molecule has 1 atom stereocenters. The first-order valence-electron chi connectivity index (χ1n) is 6.27. The minimum absolute atomic E-state index is 0.0215. The first-order valence-corrected chi connectivity index (χ1v) is 8.09. The van der Waals surface area contributed by atoms with Crippen LogP contribution >= 0.6 is 0 Å². The fraction of sp³-hybridized carbons (Fsp3) is 0.417. The molecule has 9 heteroatoms. The monoisotopic (exact) mass is 313 g/mol. The Labute approximate surface area is 121 Å². The molecule has 0 aliphatic carbocycles. The molecule has 1 unspecified atom stereocenters. The van der Waals surface area contributed by atoms with Gasteiger partial charge in [-0.3, -0.25) is 9.78 Å². The molecule has 114 valence electrons. The van der Waals surface area contributed by atoms with Gasteiger partial charge in [-0.25, -0.2) is 13.2 Å². The Hall–Kier alpha value is -2.16. The zero-order valence-electron chi connectivity index (χ0n) is 11.1. The van der Waals surface area contributed by atoms with Gasteiger partial charge >= 0.3 is 12.0 Å². The number of aliphatic carboxylic acids is 1. The molecule has 0 saturated carbocycles. The Balaban J connectivity index is 2.11. The molecule has 0 bridgehead atoms. The second-order valence-electron chi connectivity index (χ2n) is 4.73. The minimum Gasteiger partial charge on any atom is -0.481 e. The minimum atomic E-state index is -3.31. The average molecular weight is 313 g/mol. The highest BCUT2D eigenvalue weighted by molar-refractivity contribution is 7.91. The summed E-state index contributed by atoms with van der Waals surface area (Å²) >= 11 is 0. The molecule has 2 heterocycles. The molecular weight excluding hydrogens is 298 g/mol. The highest BCUT2D eigenvalue weighted by atomic mass is 32.2. The molecule has 8 nitrogen and oxygen atoms in total. The molecule has 1 aromatic rings. The van der Waals surface area contributed by atoms with Gasteiger partial charge in [0.15, 0.2) is 9.84 Å². The molecule has 21 heavy (non-hydrogen) atoms. The Kier molecular flexibility index (Phi) is 4.41. The summed E-state index contributed by atoms with van der Waals surface area (Å²) in [5, 5.41) is 11.4. The number of nitrogens with one attached hydrogen (secondary N) is 1. The normalized spacial score (nSPS) is 20.8. The number of urea groups is 1. The summed E-state index contributed by atoms with van der Waals surface area (Å²) < 4.78 is 23.2. The van der Waals surface area contributed by atoms with Crippen molar-refractivity contribution < 1.29 is 23.1 Å². The molecule has 0 radical (unpaired) electrons. The summed E-state index contributed by atoms with van der Waals surface area (Å²) in [4.78, 5) is 28.1. The van der Waals surface area contributed by atoms with Crippen molar-refractivity contribution in [3.8, 4) is 0 Å². The number of sulfone groups is 1. The van der Waals surface area contributed by atoms with E-state index in [1.807, 2.05) is 0 Å². The van der Waals surface area contributed by atoms with Crippen LogP contribution in [0.4, 0.5) is 10.5 Å². The number of rotatable bonds is 3. The van der Waals surface area contributed by atoms with Gasteiger partial charge in [0, 0.05) is 12.7 Å². The predicted octanol–water partition coefficient (Wildman–Crippen LogP) is 0.187.